The van der Waals surface area contributed by atoms with Crippen LogP contribution in [-0.4, -0.2) is 46.5 Å². The largest absolute Gasteiger partial charge is 0.493 e. The zero-order chi connectivity index (χ0) is 16.6. The Balaban J connectivity index is 0.00000484. The monoisotopic (exact) mass is 437 g/mol. The fourth-order valence-corrected chi connectivity index (χ4v) is 1.86. The Hall–Kier alpha value is -1.22. The van der Waals surface area contributed by atoms with E-state index >= 15 is 0 Å². The Kier molecular flexibility index (Phi) is 9.98. The number of hydrogen-bond donors (Lipinski definition) is 2. The van der Waals surface area contributed by atoms with Crippen molar-refractivity contribution in [1.29, 1.82) is 0 Å². The third-order valence-corrected chi connectivity index (χ3v) is 3.39. The molecule has 0 fully saturated rings. The molecule has 0 bridgehead atoms. The maximum absolute atomic E-state index is 5.42. The lowest BCUT2D eigenvalue weighted by atomic mass is 10.1. The molecule has 1 aromatic carbocycles. The minimum absolute atomic E-state index is 0. The van der Waals surface area contributed by atoms with Gasteiger partial charge in [-0.2, -0.15) is 0 Å². The number of nitrogens with one attached hydrogen (secondary N) is 2. The molecular weight excluding hydrogens is 409 g/mol. The minimum Gasteiger partial charge on any atom is -0.493 e. The molecule has 0 aliphatic rings. The van der Waals surface area contributed by atoms with Crippen LogP contribution in [0.15, 0.2) is 23.2 Å². The van der Waals surface area contributed by atoms with E-state index < -0.39 is 0 Å². The standard InChI is InChI=1S/C16H27N3O3.HI/c1-16(2,22-6)11-19-15(17-3)18-10-12-8-7-9-13(20-4)14(12)21-5;/h7-9H,10-11H2,1-6H3,(H2,17,18,19);1H. The maximum Gasteiger partial charge on any atom is 0.191 e. The van der Waals surface area contributed by atoms with Gasteiger partial charge in [0.1, 0.15) is 0 Å². The molecule has 0 amide bonds. The molecule has 0 saturated carbocycles. The van der Waals surface area contributed by atoms with Gasteiger partial charge in [0.15, 0.2) is 17.5 Å². The van der Waals surface area contributed by atoms with Crippen molar-refractivity contribution in [2.75, 3.05) is 34.9 Å². The highest BCUT2D eigenvalue weighted by atomic mass is 127. The second kappa shape index (κ2) is 10.5. The van der Waals surface area contributed by atoms with Gasteiger partial charge in [0, 0.05) is 32.8 Å². The first kappa shape index (κ1) is 21.8. The van der Waals surface area contributed by atoms with Crippen molar-refractivity contribution in [2.45, 2.75) is 26.0 Å². The molecule has 0 aromatic heterocycles. The highest BCUT2D eigenvalue weighted by molar-refractivity contribution is 14.0. The van der Waals surface area contributed by atoms with Gasteiger partial charge >= 0.3 is 0 Å². The molecule has 23 heavy (non-hydrogen) atoms. The van der Waals surface area contributed by atoms with Gasteiger partial charge in [-0.1, -0.05) is 12.1 Å². The SMILES string of the molecule is CN=C(NCc1cccc(OC)c1OC)NCC(C)(C)OC.I. The number of guanidine groups is 1. The number of ether oxygens (including phenoxy) is 3. The van der Waals surface area contributed by atoms with Gasteiger partial charge in [0.25, 0.3) is 0 Å². The quantitative estimate of drug-likeness (QED) is 0.390. The van der Waals surface area contributed by atoms with Gasteiger partial charge in [-0.3, -0.25) is 4.99 Å². The molecule has 2 N–H and O–H groups in total. The molecule has 1 rings (SSSR count). The summed E-state index contributed by atoms with van der Waals surface area (Å²) in [5.74, 6) is 2.14. The highest BCUT2D eigenvalue weighted by Gasteiger charge is 2.16. The first-order valence-electron chi connectivity index (χ1n) is 7.17. The molecule has 132 valence electrons. The third-order valence-electron chi connectivity index (χ3n) is 3.39. The van der Waals surface area contributed by atoms with Crippen LogP contribution >= 0.6 is 24.0 Å². The van der Waals surface area contributed by atoms with Crippen molar-refractivity contribution in [3.05, 3.63) is 23.8 Å². The van der Waals surface area contributed by atoms with Crippen molar-refractivity contribution in [3.63, 3.8) is 0 Å². The van der Waals surface area contributed by atoms with Gasteiger partial charge in [-0.25, -0.2) is 0 Å². The van der Waals surface area contributed by atoms with E-state index in [-0.39, 0.29) is 29.6 Å². The van der Waals surface area contributed by atoms with Crippen LogP contribution in [0.4, 0.5) is 0 Å². The molecule has 7 heteroatoms. The molecule has 1 aromatic rings. The second-order valence-electron chi connectivity index (χ2n) is 5.40. The van der Waals surface area contributed by atoms with E-state index in [0.717, 1.165) is 11.3 Å². The molecule has 0 atom stereocenters. The van der Waals surface area contributed by atoms with Crippen molar-refractivity contribution in [2.24, 2.45) is 4.99 Å². The smallest absolute Gasteiger partial charge is 0.191 e. The summed E-state index contributed by atoms with van der Waals surface area (Å²) in [6.45, 7) is 5.25. The summed E-state index contributed by atoms with van der Waals surface area (Å²) in [5.41, 5.74) is 0.737. The summed E-state index contributed by atoms with van der Waals surface area (Å²) >= 11 is 0. The Labute approximate surface area is 156 Å². The Bertz CT molecular complexity index is 507. The van der Waals surface area contributed by atoms with E-state index in [4.69, 9.17) is 14.2 Å². The molecule has 0 unspecified atom stereocenters. The summed E-state index contributed by atoms with van der Waals surface area (Å²) < 4.78 is 16.1. The summed E-state index contributed by atoms with van der Waals surface area (Å²) in [5, 5.41) is 6.49. The zero-order valence-corrected chi connectivity index (χ0v) is 17.1. The number of rotatable bonds is 7. The number of methoxy groups -OCH3 is 3. The number of aliphatic imine (C=N–C) groups is 1. The molecule has 0 aliphatic carbocycles. The predicted octanol–water partition coefficient (Wildman–Crippen LogP) is 2.41. The van der Waals surface area contributed by atoms with Gasteiger partial charge in [-0.05, 0) is 19.9 Å². The zero-order valence-electron chi connectivity index (χ0n) is 14.7. The van der Waals surface area contributed by atoms with Crippen LogP contribution in [0.1, 0.15) is 19.4 Å². The lowest BCUT2D eigenvalue weighted by molar-refractivity contribution is 0.0268. The molecule has 0 spiro atoms. The molecule has 0 radical (unpaired) electrons. The van der Waals surface area contributed by atoms with Crippen LogP contribution in [0, 0.1) is 0 Å². The fraction of sp³-hybridized carbons (Fsp3) is 0.562. The molecule has 0 aliphatic heterocycles. The number of benzene rings is 1. The van der Waals surface area contributed by atoms with E-state index in [0.29, 0.717) is 24.8 Å². The van der Waals surface area contributed by atoms with Gasteiger partial charge in [0.2, 0.25) is 0 Å². The topological polar surface area (TPSA) is 64.1 Å². The summed E-state index contributed by atoms with van der Waals surface area (Å²) in [6.07, 6.45) is 0. The van der Waals surface area contributed by atoms with Gasteiger partial charge < -0.3 is 24.8 Å². The lowest BCUT2D eigenvalue weighted by Crippen LogP contribution is -2.45. The van der Waals surface area contributed by atoms with Crippen molar-refractivity contribution < 1.29 is 14.2 Å². The van der Waals surface area contributed by atoms with Crippen molar-refractivity contribution in [3.8, 4) is 11.5 Å². The number of hydrogen-bond acceptors (Lipinski definition) is 4. The normalized spacial score (nSPS) is 11.5. The first-order chi connectivity index (χ1) is 10.5. The highest BCUT2D eigenvalue weighted by Crippen LogP contribution is 2.30. The van der Waals surface area contributed by atoms with Crippen LogP contribution < -0.4 is 20.1 Å². The Morgan fingerprint density at radius 2 is 1.83 bits per heavy atom. The van der Waals surface area contributed by atoms with Crippen LogP contribution in [0.3, 0.4) is 0 Å². The maximum atomic E-state index is 5.42. The van der Waals surface area contributed by atoms with Gasteiger partial charge in [-0.15, -0.1) is 24.0 Å². The number of para-hydroxylation sites is 1. The molecule has 0 heterocycles. The van der Waals surface area contributed by atoms with E-state index in [1.165, 1.54) is 0 Å². The number of nitrogens with zero attached hydrogens (tertiary/aromatic N) is 1. The molecule has 0 saturated heterocycles. The average Bonchev–Trinajstić information content (AvgIpc) is 2.54. The minimum atomic E-state index is -0.259. The van der Waals surface area contributed by atoms with Crippen LogP contribution in [0.2, 0.25) is 0 Å². The van der Waals surface area contributed by atoms with Gasteiger partial charge in [0.05, 0.1) is 19.8 Å². The van der Waals surface area contributed by atoms with Crippen LogP contribution in [-0.2, 0) is 11.3 Å². The van der Waals surface area contributed by atoms with E-state index in [9.17, 15) is 0 Å². The summed E-state index contributed by atoms with van der Waals surface area (Å²) in [7, 11) is 6.69. The fourth-order valence-electron chi connectivity index (χ4n) is 1.86. The summed E-state index contributed by atoms with van der Waals surface area (Å²) in [6, 6.07) is 5.79. The lowest BCUT2D eigenvalue weighted by Gasteiger charge is -2.24. The first-order valence-corrected chi connectivity index (χ1v) is 7.17. The number of halogens is 1. The summed E-state index contributed by atoms with van der Waals surface area (Å²) in [4.78, 5) is 4.21. The molecule has 6 nitrogen and oxygen atoms in total. The van der Waals surface area contributed by atoms with Crippen LogP contribution in [0.25, 0.3) is 0 Å². The predicted molar refractivity (Wildman–Crippen MR) is 104 cm³/mol. The van der Waals surface area contributed by atoms with Crippen LogP contribution in [0.5, 0.6) is 11.5 Å². The van der Waals surface area contributed by atoms with Crippen molar-refractivity contribution in [1.82, 2.24) is 10.6 Å². The second-order valence-corrected chi connectivity index (χ2v) is 5.40. The van der Waals surface area contributed by atoms with E-state index in [1.54, 1.807) is 28.4 Å². The third kappa shape index (κ3) is 6.82. The average molecular weight is 437 g/mol. The van der Waals surface area contributed by atoms with E-state index in [1.807, 2.05) is 32.0 Å². The van der Waals surface area contributed by atoms with Crippen molar-refractivity contribution >= 4 is 29.9 Å². The van der Waals surface area contributed by atoms with E-state index in [2.05, 4.69) is 15.6 Å². The molecular formula is C16H28IN3O3. The Morgan fingerprint density at radius 3 is 2.35 bits per heavy atom. The Morgan fingerprint density at radius 1 is 1.13 bits per heavy atom.